The van der Waals surface area contributed by atoms with E-state index in [1.54, 1.807) is 0 Å². The van der Waals surface area contributed by atoms with Gasteiger partial charge in [0.2, 0.25) is 0 Å². The fraction of sp³-hybridized carbons (Fsp3) is 0.278. The molecular weight excluding hydrogens is 361 g/mol. The summed E-state index contributed by atoms with van der Waals surface area (Å²) in [5, 5.41) is 6.37. The molecule has 0 fully saturated rings. The van der Waals surface area contributed by atoms with E-state index in [0.29, 0.717) is 24.1 Å². The van der Waals surface area contributed by atoms with E-state index in [2.05, 4.69) is 15.4 Å². The Balaban J connectivity index is 1.61. The summed E-state index contributed by atoms with van der Waals surface area (Å²) in [5.41, 5.74) is -0.928. The molecule has 27 heavy (non-hydrogen) atoms. The van der Waals surface area contributed by atoms with Crippen LogP contribution in [0.25, 0.3) is 5.65 Å². The van der Waals surface area contributed by atoms with Crippen molar-refractivity contribution in [3.8, 4) is 5.75 Å². The summed E-state index contributed by atoms with van der Waals surface area (Å²) in [4.78, 5) is 16.2. The zero-order chi connectivity index (χ0) is 19.4. The van der Waals surface area contributed by atoms with E-state index in [1.807, 2.05) is 30.3 Å². The number of rotatable bonds is 6. The molecule has 0 aliphatic carbocycles. The molecule has 0 bridgehead atoms. The summed E-state index contributed by atoms with van der Waals surface area (Å²) in [6.45, 7) is 2.15. The normalized spacial score (nSPS) is 11.6. The zero-order valence-corrected chi connectivity index (χ0v) is 14.5. The number of halogens is 3. The smallest absolute Gasteiger partial charge is 0.433 e. The quantitative estimate of drug-likeness (QED) is 0.669. The molecule has 0 saturated carbocycles. The van der Waals surface area contributed by atoms with Crippen LogP contribution in [0.4, 0.5) is 13.2 Å². The predicted molar refractivity (Wildman–Crippen MR) is 91.6 cm³/mol. The van der Waals surface area contributed by atoms with Gasteiger partial charge in [-0.2, -0.15) is 18.3 Å². The number of nitrogens with one attached hydrogen (secondary N) is 1. The fourth-order valence-electron chi connectivity index (χ4n) is 2.48. The van der Waals surface area contributed by atoms with Crippen molar-refractivity contribution in [2.75, 3.05) is 13.2 Å². The SMILES string of the molecule is Cc1cc(C(F)(F)F)n2nc(C(=O)NCCCOc3ccccc3)cc2n1. The van der Waals surface area contributed by atoms with Gasteiger partial charge in [-0.15, -0.1) is 0 Å². The first-order chi connectivity index (χ1) is 12.8. The van der Waals surface area contributed by atoms with Crippen molar-refractivity contribution in [1.29, 1.82) is 0 Å². The maximum Gasteiger partial charge on any atom is 0.433 e. The Labute approximate surface area is 153 Å². The minimum atomic E-state index is -4.60. The van der Waals surface area contributed by atoms with Crippen molar-refractivity contribution in [3.63, 3.8) is 0 Å². The van der Waals surface area contributed by atoms with Gasteiger partial charge in [0.15, 0.2) is 11.3 Å². The lowest BCUT2D eigenvalue weighted by atomic mass is 10.3. The number of benzene rings is 1. The standard InChI is InChI=1S/C18H17F3N4O2/c1-12-10-15(18(19,20)21)25-16(23-12)11-14(24-25)17(26)22-8-5-9-27-13-6-3-2-4-7-13/h2-4,6-7,10-11H,5,8-9H2,1H3,(H,22,26). The number of alkyl halides is 3. The van der Waals surface area contributed by atoms with Crippen molar-refractivity contribution < 1.29 is 22.7 Å². The highest BCUT2D eigenvalue weighted by Gasteiger charge is 2.35. The number of carbonyl (C=O) groups excluding carboxylic acids is 1. The van der Waals surface area contributed by atoms with Crippen LogP contribution >= 0.6 is 0 Å². The van der Waals surface area contributed by atoms with Gasteiger partial charge in [0, 0.05) is 18.3 Å². The highest BCUT2D eigenvalue weighted by Crippen LogP contribution is 2.29. The summed E-state index contributed by atoms with van der Waals surface area (Å²) >= 11 is 0. The molecule has 0 unspecified atom stereocenters. The van der Waals surface area contributed by atoms with E-state index < -0.39 is 17.8 Å². The van der Waals surface area contributed by atoms with Crippen molar-refractivity contribution >= 4 is 11.6 Å². The van der Waals surface area contributed by atoms with E-state index in [4.69, 9.17) is 4.74 Å². The minimum Gasteiger partial charge on any atom is -0.494 e. The summed E-state index contributed by atoms with van der Waals surface area (Å²) < 4.78 is 45.5. The van der Waals surface area contributed by atoms with Gasteiger partial charge in [0.1, 0.15) is 11.4 Å². The minimum absolute atomic E-state index is 0.0279. The number of aryl methyl sites for hydroxylation is 1. The number of amides is 1. The summed E-state index contributed by atoms with van der Waals surface area (Å²) in [6, 6.07) is 11.4. The number of carbonyl (C=O) groups is 1. The lowest BCUT2D eigenvalue weighted by molar-refractivity contribution is -0.142. The molecule has 1 aromatic carbocycles. The number of hydrogen-bond acceptors (Lipinski definition) is 4. The highest BCUT2D eigenvalue weighted by molar-refractivity contribution is 5.93. The number of hydrogen-bond donors (Lipinski definition) is 1. The van der Waals surface area contributed by atoms with Gasteiger partial charge in [0.25, 0.3) is 5.91 Å². The topological polar surface area (TPSA) is 68.5 Å². The number of aromatic nitrogens is 3. The van der Waals surface area contributed by atoms with Crippen molar-refractivity contribution in [2.24, 2.45) is 0 Å². The number of nitrogens with zero attached hydrogens (tertiary/aromatic N) is 3. The van der Waals surface area contributed by atoms with Crippen molar-refractivity contribution in [3.05, 3.63) is 59.5 Å². The first kappa shape index (κ1) is 18.7. The zero-order valence-electron chi connectivity index (χ0n) is 14.5. The van der Waals surface area contributed by atoms with Gasteiger partial charge < -0.3 is 10.1 Å². The number of ether oxygens (including phenoxy) is 1. The molecule has 1 amide bonds. The molecule has 2 aromatic heterocycles. The lowest BCUT2D eigenvalue weighted by Gasteiger charge is -2.09. The molecule has 0 aliphatic rings. The van der Waals surface area contributed by atoms with E-state index >= 15 is 0 Å². The molecule has 0 atom stereocenters. The molecule has 0 spiro atoms. The fourth-order valence-corrected chi connectivity index (χ4v) is 2.48. The summed E-state index contributed by atoms with van der Waals surface area (Å²) in [6.07, 6.45) is -4.06. The summed E-state index contributed by atoms with van der Waals surface area (Å²) in [5.74, 6) is 0.163. The van der Waals surface area contributed by atoms with Crippen LogP contribution in [-0.4, -0.2) is 33.7 Å². The molecular formula is C18H17F3N4O2. The first-order valence-electron chi connectivity index (χ1n) is 8.25. The highest BCUT2D eigenvalue weighted by atomic mass is 19.4. The average Bonchev–Trinajstić information content (AvgIpc) is 3.04. The summed E-state index contributed by atoms with van der Waals surface area (Å²) in [7, 11) is 0. The molecule has 0 saturated heterocycles. The number of fused-ring (bicyclic) bond motifs is 1. The Kier molecular flexibility index (Phi) is 5.29. The van der Waals surface area contributed by atoms with Crippen LogP contribution in [0.15, 0.2) is 42.5 Å². The first-order valence-corrected chi connectivity index (χ1v) is 8.25. The van der Waals surface area contributed by atoms with Gasteiger partial charge in [-0.05, 0) is 31.5 Å². The molecule has 0 radical (unpaired) electrons. The van der Waals surface area contributed by atoms with Crippen LogP contribution in [0.1, 0.15) is 28.3 Å². The lowest BCUT2D eigenvalue weighted by Crippen LogP contribution is -2.26. The number of para-hydroxylation sites is 1. The monoisotopic (exact) mass is 378 g/mol. The van der Waals surface area contributed by atoms with Crippen molar-refractivity contribution in [1.82, 2.24) is 19.9 Å². The molecule has 0 aliphatic heterocycles. The average molecular weight is 378 g/mol. The second-order valence-corrected chi connectivity index (χ2v) is 5.85. The Morgan fingerprint density at radius 1 is 1.22 bits per heavy atom. The third-order valence-corrected chi connectivity index (χ3v) is 3.70. The Hall–Kier alpha value is -3.10. The molecule has 2 heterocycles. The van der Waals surface area contributed by atoms with Gasteiger partial charge in [0.05, 0.1) is 6.61 Å². The molecule has 9 heteroatoms. The predicted octanol–water partition coefficient (Wildman–Crippen LogP) is 3.26. The van der Waals surface area contributed by atoms with Crippen LogP contribution in [0.3, 0.4) is 0 Å². The Morgan fingerprint density at radius 3 is 2.67 bits per heavy atom. The third-order valence-electron chi connectivity index (χ3n) is 3.70. The molecule has 3 aromatic rings. The Morgan fingerprint density at radius 2 is 1.96 bits per heavy atom. The maximum atomic E-state index is 13.1. The van der Waals surface area contributed by atoms with E-state index in [-0.39, 0.29) is 17.0 Å². The van der Waals surface area contributed by atoms with Crippen LogP contribution < -0.4 is 10.1 Å². The molecule has 6 nitrogen and oxygen atoms in total. The van der Waals surface area contributed by atoms with Gasteiger partial charge in [-0.1, -0.05) is 18.2 Å². The van der Waals surface area contributed by atoms with Gasteiger partial charge in [-0.3, -0.25) is 4.79 Å². The van der Waals surface area contributed by atoms with E-state index in [9.17, 15) is 18.0 Å². The maximum absolute atomic E-state index is 13.1. The van der Waals surface area contributed by atoms with Crippen LogP contribution in [0.2, 0.25) is 0 Å². The molecule has 142 valence electrons. The second kappa shape index (κ2) is 7.65. The molecule has 1 N–H and O–H groups in total. The second-order valence-electron chi connectivity index (χ2n) is 5.85. The molecule has 3 rings (SSSR count). The van der Waals surface area contributed by atoms with Crippen molar-refractivity contribution in [2.45, 2.75) is 19.5 Å². The third kappa shape index (κ3) is 4.55. The van der Waals surface area contributed by atoms with E-state index in [1.165, 1.54) is 13.0 Å². The van der Waals surface area contributed by atoms with E-state index in [0.717, 1.165) is 11.8 Å². The Bertz CT molecular complexity index is 939. The van der Waals surface area contributed by atoms with Crippen LogP contribution in [-0.2, 0) is 6.18 Å². The van der Waals surface area contributed by atoms with Gasteiger partial charge in [-0.25, -0.2) is 9.50 Å². The van der Waals surface area contributed by atoms with Gasteiger partial charge >= 0.3 is 6.18 Å². The van der Waals surface area contributed by atoms with Crippen LogP contribution in [0.5, 0.6) is 5.75 Å². The van der Waals surface area contributed by atoms with Crippen LogP contribution in [0, 0.1) is 6.92 Å². The largest absolute Gasteiger partial charge is 0.494 e.